The van der Waals surface area contributed by atoms with Crippen molar-refractivity contribution in [3.05, 3.63) is 32.9 Å². The van der Waals surface area contributed by atoms with Crippen LogP contribution in [0.4, 0.5) is 0 Å². The Morgan fingerprint density at radius 2 is 2.25 bits per heavy atom. The number of methoxy groups -OCH3 is 1. The summed E-state index contributed by atoms with van der Waals surface area (Å²) in [6, 6.07) is 5.05. The summed E-state index contributed by atoms with van der Waals surface area (Å²) in [5.41, 5.74) is 1.17. The number of amidine groups is 1. The molecule has 1 fully saturated rings. The van der Waals surface area contributed by atoms with Gasteiger partial charge in [0.05, 0.1) is 25.3 Å². The summed E-state index contributed by atoms with van der Waals surface area (Å²) in [4.78, 5) is 33.7. The first kappa shape index (κ1) is 18.4. The fraction of sp³-hybridized carbons (Fsp3) is 0.214. The smallest absolute Gasteiger partial charge is 0.338 e. The van der Waals surface area contributed by atoms with Gasteiger partial charge in [-0.15, -0.1) is 5.10 Å². The molecule has 8 nitrogen and oxygen atoms in total. The highest BCUT2D eigenvalue weighted by Crippen LogP contribution is 2.22. The van der Waals surface area contributed by atoms with E-state index < -0.39 is 23.1 Å². The highest BCUT2D eigenvalue weighted by atomic mass is 127. The second-order valence-corrected chi connectivity index (χ2v) is 6.93. The van der Waals surface area contributed by atoms with Crippen LogP contribution in [0.25, 0.3) is 0 Å². The van der Waals surface area contributed by atoms with E-state index in [2.05, 4.69) is 20.3 Å². The number of carboxylic acid groups (broad SMARTS) is 1. The van der Waals surface area contributed by atoms with Gasteiger partial charge in [0.1, 0.15) is 5.25 Å². The molecule has 0 bridgehead atoms. The number of carbonyl (C=O) groups excluding carboxylic acids is 2. The van der Waals surface area contributed by atoms with Crippen molar-refractivity contribution >= 4 is 63.6 Å². The molecule has 1 aromatic carbocycles. The standard InChI is InChI=1S/C14H12IN3O5S/c1-23-13(22)8-3-2-7(4-9(8)15)6-16-18-14-17-12(21)10(24-14)5-11(19)20/h2-4,6,10H,5H2,1H3,(H,19,20)(H,17,18,21). The lowest BCUT2D eigenvalue weighted by molar-refractivity contribution is -0.138. The molecule has 1 heterocycles. The molecular formula is C14H12IN3O5S. The van der Waals surface area contributed by atoms with Crippen LogP contribution in [0.5, 0.6) is 0 Å². The normalized spacial score (nSPS) is 18.8. The summed E-state index contributed by atoms with van der Waals surface area (Å²) < 4.78 is 5.38. The maximum Gasteiger partial charge on any atom is 0.338 e. The molecule has 1 amide bonds. The van der Waals surface area contributed by atoms with Crippen LogP contribution in [-0.4, -0.2) is 46.7 Å². The van der Waals surface area contributed by atoms with E-state index in [1.165, 1.54) is 13.3 Å². The van der Waals surface area contributed by atoms with Crippen molar-refractivity contribution in [2.45, 2.75) is 11.7 Å². The van der Waals surface area contributed by atoms with Gasteiger partial charge >= 0.3 is 11.9 Å². The van der Waals surface area contributed by atoms with E-state index in [9.17, 15) is 14.4 Å². The molecule has 0 aliphatic carbocycles. The van der Waals surface area contributed by atoms with E-state index in [-0.39, 0.29) is 11.6 Å². The van der Waals surface area contributed by atoms with Crippen molar-refractivity contribution in [1.82, 2.24) is 5.32 Å². The first-order valence-electron chi connectivity index (χ1n) is 6.59. The highest BCUT2D eigenvalue weighted by Gasteiger charge is 2.32. The van der Waals surface area contributed by atoms with E-state index in [4.69, 9.17) is 5.11 Å². The second-order valence-electron chi connectivity index (χ2n) is 4.57. The predicted octanol–water partition coefficient (Wildman–Crippen LogP) is 1.47. The van der Waals surface area contributed by atoms with Crippen LogP contribution in [0.15, 0.2) is 28.4 Å². The molecule has 0 radical (unpaired) electrons. The summed E-state index contributed by atoms with van der Waals surface area (Å²) in [5.74, 6) is -1.86. The zero-order chi connectivity index (χ0) is 17.7. The number of nitrogens with zero attached hydrogens (tertiary/aromatic N) is 2. The van der Waals surface area contributed by atoms with Crippen molar-refractivity contribution < 1.29 is 24.2 Å². The Bertz CT molecular complexity index is 750. The zero-order valence-corrected chi connectivity index (χ0v) is 15.3. The Morgan fingerprint density at radius 3 is 2.88 bits per heavy atom. The van der Waals surface area contributed by atoms with Crippen LogP contribution < -0.4 is 5.32 Å². The number of hydrogen-bond acceptors (Lipinski definition) is 7. The zero-order valence-electron chi connectivity index (χ0n) is 12.4. The number of ether oxygens (including phenoxy) is 1. The second kappa shape index (κ2) is 8.24. The Morgan fingerprint density at radius 1 is 1.50 bits per heavy atom. The lowest BCUT2D eigenvalue weighted by Gasteiger charge is -2.02. The lowest BCUT2D eigenvalue weighted by Crippen LogP contribution is -2.26. The number of carbonyl (C=O) groups is 3. The van der Waals surface area contributed by atoms with E-state index in [0.29, 0.717) is 14.7 Å². The average molecular weight is 461 g/mol. The monoisotopic (exact) mass is 461 g/mol. The molecule has 24 heavy (non-hydrogen) atoms. The van der Waals surface area contributed by atoms with Crippen LogP contribution in [0.1, 0.15) is 22.3 Å². The first-order valence-corrected chi connectivity index (χ1v) is 8.54. The number of amides is 1. The molecule has 2 rings (SSSR count). The van der Waals surface area contributed by atoms with Gasteiger partial charge in [0.25, 0.3) is 0 Å². The molecule has 10 heteroatoms. The van der Waals surface area contributed by atoms with Crippen LogP contribution in [-0.2, 0) is 14.3 Å². The van der Waals surface area contributed by atoms with Gasteiger partial charge in [-0.2, -0.15) is 5.10 Å². The fourth-order valence-corrected chi connectivity index (χ4v) is 3.46. The van der Waals surface area contributed by atoms with E-state index >= 15 is 0 Å². The number of hydrogen-bond donors (Lipinski definition) is 2. The van der Waals surface area contributed by atoms with Crippen LogP contribution in [0, 0.1) is 3.57 Å². The molecule has 1 unspecified atom stereocenters. The Hall–Kier alpha value is -1.95. The van der Waals surface area contributed by atoms with Gasteiger partial charge in [-0.25, -0.2) is 4.79 Å². The van der Waals surface area contributed by atoms with Gasteiger partial charge in [-0.1, -0.05) is 17.8 Å². The Labute approximate surface area is 154 Å². The van der Waals surface area contributed by atoms with Crippen molar-refractivity contribution in [2.24, 2.45) is 10.2 Å². The third kappa shape index (κ3) is 4.77. The van der Waals surface area contributed by atoms with Crippen molar-refractivity contribution in [1.29, 1.82) is 0 Å². The number of halogens is 1. The Kier molecular flexibility index (Phi) is 6.31. The van der Waals surface area contributed by atoms with Gasteiger partial charge in [0.15, 0.2) is 5.17 Å². The summed E-state index contributed by atoms with van der Waals surface area (Å²) in [6.45, 7) is 0. The molecule has 126 valence electrons. The maximum atomic E-state index is 11.6. The minimum Gasteiger partial charge on any atom is -0.481 e. The molecule has 0 spiro atoms. The van der Waals surface area contributed by atoms with Crippen molar-refractivity contribution in [2.75, 3.05) is 7.11 Å². The molecule has 1 saturated heterocycles. The van der Waals surface area contributed by atoms with Crippen LogP contribution in [0.2, 0.25) is 0 Å². The van der Waals surface area contributed by atoms with E-state index in [0.717, 1.165) is 11.8 Å². The van der Waals surface area contributed by atoms with E-state index in [1.54, 1.807) is 18.2 Å². The first-order chi connectivity index (χ1) is 11.4. The molecule has 2 N–H and O–H groups in total. The number of aliphatic carboxylic acids is 1. The number of benzene rings is 1. The third-order valence-corrected chi connectivity index (χ3v) is 4.86. The van der Waals surface area contributed by atoms with Gasteiger partial charge < -0.3 is 15.2 Å². The summed E-state index contributed by atoms with van der Waals surface area (Å²) in [6.07, 6.45) is 1.19. The summed E-state index contributed by atoms with van der Waals surface area (Å²) in [7, 11) is 1.31. The third-order valence-electron chi connectivity index (χ3n) is 2.89. The number of rotatable bonds is 5. The molecule has 1 atom stereocenters. The minimum absolute atomic E-state index is 0.253. The quantitative estimate of drug-likeness (QED) is 0.297. The molecule has 0 saturated carbocycles. The minimum atomic E-state index is -1.05. The largest absolute Gasteiger partial charge is 0.481 e. The molecule has 1 aliphatic heterocycles. The Balaban J connectivity index is 2.04. The number of esters is 1. The number of carboxylic acids is 1. The molecule has 0 aromatic heterocycles. The molecule has 1 aliphatic rings. The predicted molar refractivity (Wildman–Crippen MR) is 97.3 cm³/mol. The maximum absolute atomic E-state index is 11.6. The molecule has 1 aromatic rings. The highest BCUT2D eigenvalue weighted by molar-refractivity contribution is 14.1. The average Bonchev–Trinajstić information content (AvgIpc) is 2.86. The number of thioether (sulfide) groups is 1. The fourth-order valence-electron chi connectivity index (χ4n) is 1.78. The topological polar surface area (TPSA) is 117 Å². The van der Waals surface area contributed by atoms with Crippen LogP contribution in [0.3, 0.4) is 0 Å². The van der Waals surface area contributed by atoms with Gasteiger partial charge in [0.2, 0.25) is 5.91 Å². The lowest BCUT2D eigenvalue weighted by atomic mass is 10.1. The van der Waals surface area contributed by atoms with Gasteiger partial charge in [0, 0.05) is 3.57 Å². The van der Waals surface area contributed by atoms with Crippen LogP contribution >= 0.6 is 34.4 Å². The molecular weight excluding hydrogens is 449 g/mol. The summed E-state index contributed by atoms with van der Waals surface area (Å²) >= 11 is 3.04. The summed E-state index contributed by atoms with van der Waals surface area (Å²) in [5, 5.41) is 18.5. The van der Waals surface area contributed by atoms with Crippen molar-refractivity contribution in [3.63, 3.8) is 0 Å². The van der Waals surface area contributed by atoms with E-state index in [1.807, 2.05) is 22.6 Å². The van der Waals surface area contributed by atoms with Crippen molar-refractivity contribution in [3.8, 4) is 0 Å². The number of nitrogens with one attached hydrogen (secondary N) is 1. The SMILES string of the molecule is COC(=O)c1ccc(C=NN=C2NC(=O)C(CC(=O)O)S2)cc1I. The van der Waals surface area contributed by atoms with Gasteiger partial charge in [-0.05, 0) is 40.3 Å². The van der Waals surface area contributed by atoms with Gasteiger partial charge in [-0.3, -0.25) is 9.59 Å².